The van der Waals surface area contributed by atoms with E-state index in [1.807, 2.05) is 51.1 Å². The molecule has 1 heterocycles. The van der Waals surface area contributed by atoms with E-state index in [2.05, 4.69) is 15.5 Å². The number of rotatable bonds is 5. The lowest BCUT2D eigenvalue weighted by molar-refractivity contribution is 0.0964. The maximum atomic E-state index is 12.5. The molecular formula is C19H20N4O2. The van der Waals surface area contributed by atoms with E-state index >= 15 is 0 Å². The second-order valence-corrected chi connectivity index (χ2v) is 6.77. The smallest absolute Gasteiger partial charge is 0.184 e. The van der Waals surface area contributed by atoms with Gasteiger partial charge in [-0.3, -0.25) is 4.79 Å². The zero-order chi connectivity index (χ0) is 17.9. The molecule has 0 aliphatic carbocycles. The highest BCUT2D eigenvalue weighted by molar-refractivity contribution is 5.95. The van der Waals surface area contributed by atoms with Gasteiger partial charge in [0.05, 0.1) is 0 Å². The van der Waals surface area contributed by atoms with E-state index in [1.54, 1.807) is 28.9 Å². The summed E-state index contributed by atoms with van der Waals surface area (Å²) in [5, 5.41) is 11.6. The predicted octanol–water partition coefficient (Wildman–Crippen LogP) is 3.65. The van der Waals surface area contributed by atoms with Crippen LogP contribution in [0.1, 0.15) is 37.0 Å². The minimum atomic E-state index is -0.225. The van der Waals surface area contributed by atoms with Crippen LogP contribution in [0.25, 0.3) is 0 Å². The van der Waals surface area contributed by atoms with Gasteiger partial charge in [-0.05, 0) is 46.8 Å². The van der Waals surface area contributed by atoms with Crippen LogP contribution in [-0.4, -0.2) is 26.0 Å². The highest BCUT2D eigenvalue weighted by Crippen LogP contribution is 2.22. The van der Waals surface area contributed by atoms with Gasteiger partial charge in [-0.2, -0.15) is 0 Å². The lowest BCUT2D eigenvalue weighted by Crippen LogP contribution is -2.22. The van der Waals surface area contributed by atoms with E-state index in [1.165, 1.54) is 0 Å². The molecule has 3 rings (SSSR count). The average Bonchev–Trinajstić information content (AvgIpc) is 3.05. The topological polar surface area (TPSA) is 69.9 Å². The lowest BCUT2D eigenvalue weighted by Gasteiger charge is -2.16. The highest BCUT2D eigenvalue weighted by atomic mass is 16.5. The second-order valence-electron chi connectivity index (χ2n) is 6.77. The number of ether oxygens (including phenoxy) is 1. The van der Waals surface area contributed by atoms with E-state index in [9.17, 15) is 4.79 Å². The first-order valence-corrected chi connectivity index (χ1v) is 8.06. The Morgan fingerprint density at radius 3 is 2.28 bits per heavy atom. The van der Waals surface area contributed by atoms with Crippen LogP contribution in [0, 0.1) is 0 Å². The van der Waals surface area contributed by atoms with Gasteiger partial charge in [-0.1, -0.05) is 39.0 Å². The number of Topliss-reactive ketones (excluding diaryl/α,β-unsaturated/α-hetero) is 1. The Hall–Kier alpha value is -3.02. The summed E-state index contributed by atoms with van der Waals surface area (Å²) >= 11 is 0. The molecular weight excluding hydrogens is 316 g/mol. The summed E-state index contributed by atoms with van der Waals surface area (Å²) in [6.45, 7) is 6.14. The number of hydrogen-bond acceptors (Lipinski definition) is 5. The van der Waals surface area contributed by atoms with Crippen molar-refractivity contribution in [3.8, 4) is 11.5 Å². The molecule has 0 bridgehead atoms. The van der Waals surface area contributed by atoms with Gasteiger partial charge in [0, 0.05) is 11.0 Å². The number of ketones is 1. The largest absolute Gasteiger partial charge is 0.457 e. The van der Waals surface area contributed by atoms with Crippen molar-refractivity contribution in [1.29, 1.82) is 0 Å². The van der Waals surface area contributed by atoms with Gasteiger partial charge in [0.1, 0.15) is 18.0 Å². The molecule has 0 saturated carbocycles. The Balaban J connectivity index is 1.70. The zero-order valence-corrected chi connectivity index (χ0v) is 14.5. The van der Waals surface area contributed by atoms with E-state index in [-0.39, 0.29) is 17.7 Å². The van der Waals surface area contributed by atoms with Gasteiger partial charge in [-0.25, -0.2) is 4.68 Å². The van der Waals surface area contributed by atoms with E-state index in [0.29, 0.717) is 17.1 Å². The molecule has 0 N–H and O–H groups in total. The van der Waals surface area contributed by atoms with Crippen molar-refractivity contribution in [2.45, 2.75) is 32.7 Å². The van der Waals surface area contributed by atoms with Crippen molar-refractivity contribution in [2.24, 2.45) is 0 Å². The Morgan fingerprint density at radius 1 is 1.00 bits per heavy atom. The maximum absolute atomic E-state index is 12.5. The third kappa shape index (κ3) is 4.09. The number of carbonyl (C=O) groups is 1. The first-order chi connectivity index (χ1) is 11.9. The molecule has 2 aromatic carbocycles. The number of tetrazole rings is 1. The van der Waals surface area contributed by atoms with Crippen molar-refractivity contribution < 1.29 is 9.53 Å². The monoisotopic (exact) mass is 336 g/mol. The van der Waals surface area contributed by atoms with E-state index in [4.69, 9.17) is 4.74 Å². The third-order valence-corrected chi connectivity index (χ3v) is 3.65. The quantitative estimate of drug-likeness (QED) is 0.665. The Morgan fingerprint density at radius 2 is 1.64 bits per heavy atom. The number of carbonyl (C=O) groups excluding carboxylic acids is 1. The fraction of sp³-hybridized carbons (Fsp3) is 0.263. The van der Waals surface area contributed by atoms with Crippen LogP contribution in [0.15, 0.2) is 54.6 Å². The van der Waals surface area contributed by atoms with Crippen molar-refractivity contribution in [1.82, 2.24) is 20.2 Å². The normalized spacial score (nSPS) is 11.3. The third-order valence-electron chi connectivity index (χ3n) is 3.65. The standard InChI is InChI=1S/C19H20N4O2/c1-19(2,3)18-20-21-22-23(18)13-17(24)14-9-11-16(12-10-14)25-15-7-5-4-6-8-15/h4-12H,13H2,1-3H3. The maximum Gasteiger partial charge on any atom is 0.184 e. The Labute approximate surface area is 146 Å². The molecule has 6 heteroatoms. The van der Waals surface area contributed by atoms with E-state index in [0.717, 1.165) is 5.75 Å². The van der Waals surface area contributed by atoms with Gasteiger partial charge >= 0.3 is 0 Å². The summed E-state index contributed by atoms with van der Waals surface area (Å²) < 4.78 is 7.29. The van der Waals surface area contributed by atoms with Gasteiger partial charge in [0.2, 0.25) is 0 Å². The van der Waals surface area contributed by atoms with Crippen molar-refractivity contribution >= 4 is 5.78 Å². The van der Waals surface area contributed by atoms with Crippen LogP contribution in [-0.2, 0) is 12.0 Å². The van der Waals surface area contributed by atoms with Crippen LogP contribution < -0.4 is 4.74 Å². The summed E-state index contributed by atoms with van der Waals surface area (Å²) in [6.07, 6.45) is 0. The number of hydrogen-bond donors (Lipinski definition) is 0. The van der Waals surface area contributed by atoms with E-state index < -0.39 is 0 Å². The number of aromatic nitrogens is 4. The molecule has 0 amide bonds. The van der Waals surface area contributed by atoms with Gasteiger partial charge in [0.15, 0.2) is 11.6 Å². The fourth-order valence-electron chi connectivity index (χ4n) is 2.41. The Bertz CT molecular complexity index is 849. The van der Waals surface area contributed by atoms with Crippen molar-refractivity contribution in [3.05, 3.63) is 66.0 Å². The molecule has 0 radical (unpaired) electrons. The van der Waals surface area contributed by atoms with Crippen LogP contribution in [0.5, 0.6) is 11.5 Å². The number of para-hydroxylation sites is 1. The molecule has 0 unspecified atom stereocenters. The SMILES string of the molecule is CC(C)(C)c1nnnn1CC(=O)c1ccc(Oc2ccccc2)cc1. The highest BCUT2D eigenvalue weighted by Gasteiger charge is 2.23. The first kappa shape index (κ1) is 16.8. The number of benzene rings is 2. The molecule has 0 aliphatic heterocycles. The number of nitrogens with zero attached hydrogens (tertiary/aromatic N) is 4. The minimum absolute atomic E-state index is 0.0518. The van der Waals surface area contributed by atoms with Crippen LogP contribution >= 0.6 is 0 Å². The molecule has 6 nitrogen and oxygen atoms in total. The zero-order valence-electron chi connectivity index (χ0n) is 14.5. The van der Waals surface area contributed by atoms with Crippen LogP contribution in [0.2, 0.25) is 0 Å². The summed E-state index contributed by atoms with van der Waals surface area (Å²) in [5.74, 6) is 2.07. The average molecular weight is 336 g/mol. The first-order valence-electron chi connectivity index (χ1n) is 8.06. The predicted molar refractivity (Wildman–Crippen MR) is 93.8 cm³/mol. The molecule has 3 aromatic rings. The summed E-state index contributed by atoms with van der Waals surface area (Å²) in [4.78, 5) is 12.5. The molecule has 1 aromatic heterocycles. The second kappa shape index (κ2) is 6.84. The van der Waals surface area contributed by atoms with Crippen molar-refractivity contribution in [2.75, 3.05) is 0 Å². The molecule has 0 saturated heterocycles. The van der Waals surface area contributed by atoms with Gasteiger partial charge < -0.3 is 4.74 Å². The molecule has 0 atom stereocenters. The van der Waals surface area contributed by atoms with Crippen molar-refractivity contribution in [3.63, 3.8) is 0 Å². The summed E-state index contributed by atoms with van der Waals surface area (Å²) in [5.41, 5.74) is 0.368. The fourth-order valence-corrected chi connectivity index (χ4v) is 2.41. The van der Waals surface area contributed by atoms with Crippen LogP contribution in [0.3, 0.4) is 0 Å². The van der Waals surface area contributed by atoms with Gasteiger partial charge in [0.25, 0.3) is 0 Å². The molecule has 0 fully saturated rings. The summed E-state index contributed by atoms with van der Waals surface area (Å²) in [7, 11) is 0. The lowest BCUT2D eigenvalue weighted by atomic mass is 9.96. The summed E-state index contributed by atoms with van der Waals surface area (Å²) in [6, 6.07) is 16.6. The minimum Gasteiger partial charge on any atom is -0.457 e. The molecule has 25 heavy (non-hydrogen) atoms. The van der Waals surface area contributed by atoms with Gasteiger partial charge in [-0.15, -0.1) is 5.10 Å². The molecule has 128 valence electrons. The molecule has 0 aliphatic rings. The Kier molecular flexibility index (Phi) is 4.61. The molecule has 0 spiro atoms. The van der Waals surface area contributed by atoms with Crippen LogP contribution in [0.4, 0.5) is 0 Å².